The summed E-state index contributed by atoms with van der Waals surface area (Å²) in [5.74, 6) is 1.24. The van der Waals surface area contributed by atoms with E-state index in [0.717, 1.165) is 41.8 Å². The number of ether oxygens (including phenoxy) is 1. The Morgan fingerprint density at radius 3 is 3.00 bits per heavy atom. The van der Waals surface area contributed by atoms with Gasteiger partial charge in [0.1, 0.15) is 6.10 Å². The molecule has 2 aromatic rings. The fourth-order valence-electron chi connectivity index (χ4n) is 2.54. The molecule has 1 fully saturated rings. The largest absolute Gasteiger partial charge is 0.474 e. The molecular formula is C17H18N4O2. The van der Waals surface area contributed by atoms with E-state index in [1.165, 1.54) is 0 Å². The van der Waals surface area contributed by atoms with Gasteiger partial charge in [-0.1, -0.05) is 0 Å². The van der Waals surface area contributed by atoms with Gasteiger partial charge in [-0.25, -0.2) is 4.98 Å². The van der Waals surface area contributed by atoms with Crippen LogP contribution in [0, 0.1) is 6.92 Å². The van der Waals surface area contributed by atoms with Gasteiger partial charge in [0, 0.05) is 29.6 Å². The summed E-state index contributed by atoms with van der Waals surface area (Å²) in [5.41, 5.74) is 3.85. The van der Waals surface area contributed by atoms with Gasteiger partial charge in [-0.05, 0) is 49.9 Å². The molecule has 1 amide bonds. The van der Waals surface area contributed by atoms with Crippen molar-refractivity contribution < 1.29 is 9.53 Å². The zero-order valence-electron chi connectivity index (χ0n) is 12.9. The van der Waals surface area contributed by atoms with Gasteiger partial charge in [-0.15, -0.1) is 0 Å². The molecule has 0 bridgehead atoms. The van der Waals surface area contributed by atoms with Crippen LogP contribution in [-0.4, -0.2) is 22.0 Å². The molecule has 6 heteroatoms. The van der Waals surface area contributed by atoms with Gasteiger partial charge in [-0.3, -0.25) is 4.79 Å². The van der Waals surface area contributed by atoms with Crippen LogP contribution in [0.15, 0.2) is 24.4 Å². The first-order chi connectivity index (χ1) is 11.2. The number of hydrogen-bond acceptors (Lipinski definition) is 5. The van der Waals surface area contributed by atoms with Crippen molar-refractivity contribution in [1.82, 2.24) is 9.97 Å². The number of rotatable bonds is 4. The van der Waals surface area contributed by atoms with Crippen LogP contribution in [0.3, 0.4) is 0 Å². The summed E-state index contributed by atoms with van der Waals surface area (Å²) in [6.07, 6.45) is 5.55. The van der Waals surface area contributed by atoms with E-state index in [2.05, 4.69) is 20.6 Å². The molecule has 23 heavy (non-hydrogen) atoms. The Bertz CT molecular complexity index is 771. The standard InChI is InChI=1S/C17H18N4O2/c1-10-9-18-17(21-16(10)23-13-4-5-13)19-12-3-6-14-11(8-12)2-7-15(22)20-14/h3,6,8-9,13H,2,4-5,7H2,1H3,(H,20,22)(H,18,19,21). The van der Waals surface area contributed by atoms with Gasteiger partial charge in [0.15, 0.2) is 0 Å². The van der Waals surface area contributed by atoms with E-state index in [1.807, 2.05) is 25.1 Å². The van der Waals surface area contributed by atoms with E-state index >= 15 is 0 Å². The van der Waals surface area contributed by atoms with E-state index < -0.39 is 0 Å². The molecule has 6 nitrogen and oxygen atoms in total. The van der Waals surface area contributed by atoms with E-state index in [9.17, 15) is 4.79 Å². The number of hydrogen-bond donors (Lipinski definition) is 2. The van der Waals surface area contributed by atoms with Gasteiger partial charge < -0.3 is 15.4 Å². The van der Waals surface area contributed by atoms with Crippen LogP contribution in [0.5, 0.6) is 5.88 Å². The maximum absolute atomic E-state index is 11.4. The summed E-state index contributed by atoms with van der Waals surface area (Å²) < 4.78 is 5.80. The van der Waals surface area contributed by atoms with Crippen molar-refractivity contribution >= 4 is 23.2 Å². The van der Waals surface area contributed by atoms with E-state index in [0.29, 0.717) is 24.4 Å². The fourth-order valence-corrected chi connectivity index (χ4v) is 2.54. The fraction of sp³-hybridized carbons (Fsp3) is 0.353. The van der Waals surface area contributed by atoms with Crippen molar-refractivity contribution in [3.8, 4) is 5.88 Å². The second kappa shape index (κ2) is 5.53. The van der Waals surface area contributed by atoms with E-state index in [1.54, 1.807) is 6.20 Å². The maximum atomic E-state index is 11.4. The Morgan fingerprint density at radius 1 is 1.30 bits per heavy atom. The molecule has 0 unspecified atom stereocenters. The lowest BCUT2D eigenvalue weighted by Gasteiger charge is -2.18. The third-order valence-electron chi connectivity index (χ3n) is 3.98. The number of benzene rings is 1. The number of nitrogens with zero attached hydrogens (tertiary/aromatic N) is 2. The minimum atomic E-state index is 0.0712. The summed E-state index contributed by atoms with van der Waals surface area (Å²) in [7, 11) is 0. The highest BCUT2D eigenvalue weighted by atomic mass is 16.5. The SMILES string of the molecule is Cc1cnc(Nc2ccc3c(c2)CCC(=O)N3)nc1OC1CC1. The normalized spacial score (nSPS) is 16.5. The molecule has 2 aliphatic rings. The molecule has 0 saturated heterocycles. The number of amides is 1. The molecule has 0 atom stereocenters. The van der Waals surface area contributed by atoms with E-state index in [-0.39, 0.29) is 5.91 Å². The number of aryl methyl sites for hydroxylation is 2. The lowest BCUT2D eigenvalue weighted by molar-refractivity contribution is -0.116. The first-order valence-electron chi connectivity index (χ1n) is 7.87. The number of anilines is 3. The van der Waals surface area contributed by atoms with Gasteiger partial charge >= 0.3 is 0 Å². The van der Waals surface area contributed by atoms with Crippen molar-refractivity contribution in [1.29, 1.82) is 0 Å². The average molecular weight is 310 g/mol. The van der Waals surface area contributed by atoms with Crippen LogP contribution in [0.2, 0.25) is 0 Å². The predicted octanol–water partition coefficient (Wildman–Crippen LogP) is 2.95. The molecule has 4 rings (SSSR count). The third-order valence-corrected chi connectivity index (χ3v) is 3.98. The Balaban J connectivity index is 1.54. The topological polar surface area (TPSA) is 76.1 Å². The second-order valence-electron chi connectivity index (χ2n) is 6.04. The number of fused-ring (bicyclic) bond motifs is 1. The van der Waals surface area contributed by atoms with E-state index in [4.69, 9.17) is 4.74 Å². The zero-order chi connectivity index (χ0) is 15.8. The molecule has 1 aromatic carbocycles. The van der Waals surface area contributed by atoms with Crippen LogP contribution >= 0.6 is 0 Å². The van der Waals surface area contributed by atoms with Crippen molar-refractivity contribution in [2.75, 3.05) is 10.6 Å². The minimum Gasteiger partial charge on any atom is -0.474 e. The van der Waals surface area contributed by atoms with Gasteiger partial charge in [0.2, 0.25) is 17.7 Å². The number of nitrogens with one attached hydrogen (secondary N) is 2. The molecule has 1 aliphatic carbocycles. The molecular weight excluding hydrogens is 292 g/mol. The summed E-state index contributed by atoms with van der Waals surface area (Å²) in [4.78, 5) is 20.2. The zero-order valence-corrected chi connectivity index (χ0v) is 12.9. The molecule has 1 aromatic heterocycles. The van der Waals surface area contributed by atoms with Crippen LogP contribution in [0.25, 0.3) is 0 Å². The molecule has 1 aliphatic heterocycles. The molecule has 118 valence electrons. The number of carbonyl (C=O) groups excluding carboxylic acids is 1. The monoisotopic (exact) mass is 310 g/mol. The quantitative estimate of drug-likeness (QED) is 0.908. The second-order valence-corrected chi connectivity index (χ2v) is 6.04. The van der Waals surface area contributed by atoms with Gasteiger partial charge in [0.05, 0.1) is 0 Å². The highest BCUT2D eigenvalue weighted by Gasteiger charge is 2.25. The number of carbonyl (C=O) groups is 1. The smallest absolute Gasteiger partial charge is 0.230 e. The van der Waals surface area contributed by atoms with Crippen LogP contribution in [0.4, 0.5) is 17.3 Å². The van der Waals surface area contributed by atoms with Crippen molar-refractivity contribution in [2.45, 2.75) is 38.7 Å². The molecule has 1 saturated carbocycles. The summed E-state index contributed by atoms with van der Waals surface area (Å²) in [6.45, 7) is 1.95. The predicted molar refractivity (Wildman–Crippen MR) is 87.1 cm³/mol. The average Bonchev–Trinajstić information content (AvgIpc) is 3.35. The first-order valence-corrected chi connectivity index (χ1v) is 7.87. The lowest BCUT2D eigenvalue weighted by Crippen LogP contribution is -2.18. The minimum absolute atomic E-state index is 0.0712. The molecule has 0 radical (unpaired) electrons. The lowest BCUT2D eigenvalue weighted by atomic mass is 10.0. The maximum Gasteiger partial charge on any atom is 0.230 e. The Labute approximate surface area is 134 Å². The Kier molecular flexibility index (Phi) is 3.37. The highest BCUT2D eigenvalue weighted by Crippen LogP contribution is 2.29. The molecule has 2 heterocycles. The number of aromatic nitrogens is 2. The summed E-state index contributed by atoms with van der Waals surface area (Å²) in [6, 6.07) is 5.85. The summed E-state index contributed by atoms with van der Waals surface area (Å²) in [5, 5.41) is 6.09. The van der Waals surface area contributed by atoms with Crippen molar-refractivity contribution in [2.24, 2.45) is 0 Å². The highest BCUT2D eigenvalue weighted by molar-refractivity contribution is 5.94. The van der Waals surface area contributed by atoms with Crippen LogP contribution < -0.4 is 15.4 Å². The summed E-state index contributed by atoms with van der Waals surface area (Å²) >= 11 is 0. The van der Waals surface area contributed by atoms with Crippen LogP contribution in [-0.2, 0) is 11.2 Å². The van der Waals surface area contributed by atoms with Gasteiger partial charge in [-0.2, -0.15) is 4.98 Å². The first kappa shape index (κ1) is 14.0. The van der Waals surface area contributed by atoms with Crippen LogP contribution in [0.1, 0.15) is 30.4 Å². The Hall–Kier alpha value is -2.63. The molecule has 2 N–H and O–H groups in total. The van der Waals surface area contributed by atoms with Crippen molar-refractivity contribution in [3.05, 3.63) is 35.5 Å². The van der Waals surface area contributed by atoms with Crippen molar-refractivity contribution in [3.63, 3.8) is 0 Å². The van der Waals surface area contributed by atoms with Gasteiger partial charge in [0.25, 0.3) is 0 Å². The Morgan fingerprint density at radius 2 is 2.17 bits per heavy atom. The third kappa shape index (κ3) is 3.11. The molecule has 0 spiro atoms.